The van der Waals surface area contributed by atoms with Crippen molar-refractivity contribution in [2.75, 3.05) is 12.3 Å². The Balaban J connectivity index is 0.000000221. The number of benzene rings is 2. The highest BCUT2D eigenvalue weighted by atomic mass is 16.5. The Labute approximate surface area is 162 Å². The predicted molar refractivity (Wildman–Crippen MR) is 107 cm³/mol. The number of aliphatic carboxylic acids is 1. The maximum Gasteiger partial charge on any atom is 0.341 e. The first-order valence-corrected chi connectivity index (χ1v) is 8.31. The molecule has 0 atom stereocenters. The second-order valence-electron chi connectivity index (χ2n) is 5.54. The fourth-order valence-electron chi connectivity index (χ4n) is 2.32. The average Bonchev–Trinajstić information content (AvgIpc) is 2.96. The van der Waals surface area contributed by atoms with Gasteiger partial charge in [0.1, 0.15) is 5.75 Å². The molecule has 2 aromatic carbocycles. The van der Waals surface area contributed by atoms with Gasteiger partial charge in [-0.15, -0.1) is 0 Å². The van der Waals surface area contributed by atoms with Crippen molar-refractivity contribution in [3.63, 3.8) is 0 Å². The molecule has 0 unspecified atom stereocenters. The number of ether oxygens (including phenoxy) is 1. The zero-order valence-electron chi connectivity index (χ0n) is 14.9. The largest absolute Gasteiger partial charge is 0.482 e. The van der Waals surface area contributed by atoms with Crippen LogP contribution in [0.25, 0.3) is 5.70 Å². The van der Waals surface area contributed by atoms with Gasteiger partial charge in [0.2, 0.25) is 0 Å². The summed E-state index contributed by atoms with van der Waals surface area (Å²) in [4.78, 5) is 21.2. The monoisotopic (exact) mass is 380 g/mol. The maximum atomic E-state index is 11.2. The summed E-state index contributed by atoms with van der Waals surface area (Å²) in [7, 11) is 0. The second-order valence-corrected chi connectivity index (χ2v) is 5.54. The van der Waals surface area contributed by atoms with Crippen LogP contribution < -0.4 is 15.8 Å². The van der Waals surface area contributed by atoms with Gasteiger partial charge in [-0.1, -0.05) is 42.5 Å². The van der Waals surface area contributed by atoms with Crippen LogP contribution in [0.15, 0.2) is 79.0 Å². The highest BCUT2D eigenvalue weighted by Crippen LogP contribution is 2.23. The van der Waals surface area contributed by atoms with Gasteiger partial charge in [-0.25, -0.2) is 9.59 Å². The van der Waals surface area contributed by atoms with E-state index >= 15 is 0 Å². The molecule has 0 radical (unpaired) electrons. The minimum Gasteiger partial charge on any atom is -0.482 e. The number of nitrogens with one attached hydrogen (secondary N) is 1. The summed E-state index contributed by atoms with van der Waals surface area (Å²) >= 11 is 0. The molecule has 0 saturated carbocycles. The van der Waals surface area contributed by atoms with E-state index in [1.807, 2.05) is 24.3 Å². The van der Waals surface area contributed by atoms with Crippen molar-refractivity contribution in [2.45, 2.75) is 0 Å². The number of aromatic carboxylic acids is 1. The molecule has 0 saturated heterocycles. The van der Waals surface area contributed by atoms with Crippen LogP contribution in [0.4, 0.5) is 5.69 Å². The van der Waals surface area contributed by atoms with E-state index in [1.54, 1.807) is 54.7 Å². The first-order chi connectivity index (χ1) is 13.5. The van der Waals surface area contributed by atoms with Crippen molar-refractivity contribution in [1.82, 2.24) is 5.32 Å². The topological polar surface area (TPSA) is 122 Å². The number of nitrogen functional groups attached to an aromatic ring is 1. The predicted octanol–water partition coefficient (Wildman–Crippen LogP) is 3.13. The van der Waals surface area contributed by atoms with Crippen molar-refractivity contribution >= 4 is 23.3 Å². The lowest BCUT2D eigenvalue weighted by atomic mass is 10.0. The van der Waals surface area contributed by atoms with Crippen LogP contribution in [0.5, 0.6) is 5.75 Å². The summed E-state index contributed by atoms with van der Waals surface area (Å²) in [5, 5.41) is 20.4. The molecule has 2 aromatic rings. The number of carboxylic acid groups (broad SMARTS) is 2. The Kier molecular flexibility index (Phi) is 7.42. The third-order valence-corrected chi connectivity index (χ3v) is 3.53. The molecule has 28 heavy (non-hydrogen) atoms. The Morgan fingerprint density at radius 3 is 2.39 bits per heavy atom. The Morgan fingerprint density at radius 1 is 0.964 bits per heavy atom. The van der Waals surface area contributed by atoms with Crippen LogP contribution in [0.1, 0.15) is 15.9 Å². The van der Waals surface area contributed by atoms with E-state index in [0.717, 1.165) is 0 Å². The van der Waals surface area contributed by atoms with Gasteiger partial charge in [0, 0.05) is 23.1 Å². The fourth-order valence-corrected chi connectivity index (χ4v) is 2.32. The Morgan fingerprint density at radius 2 is 1.71 bits per heavy atom. The molecule has 5 N–H and O–H groups in total. The third-order valence-electron chi connectivity index (χ3n) is 3.53. The molecule has 0 aliphatic carbocycles. The molecule has 0 spiro atoms. The average molecular weight is 380 g/mol. The first-order valence-electron chi connectivity index (χ1n) is 8.31. The zero-order valence-corrected chi connectivity index (χ0v) is 14.9. The van der Waals surface area contributed by atoms with Crippen molar-refractivity contribution < 1.29 is 24.5 Å². The van der Waals surface area contributed by atoms with Crippen LogP contribution in [0.3, 0.4) is 0 Å². The van der Waals surface area contributed by atoms with E-state index in [-0.39, 0.29) is 17.9 Å². The van der Waals surface area contributed by atoms with Crippen LogP contribution in [0.2, 0.25) is 0 Å². The zero-order chi connectivity index (χ0) is 20.4. The van der Waals surface area contributed by atoms with Gasteiger partial charge in [0.25, 0.3) is 0 Å². The van der Waals surface area contributed by atoms with E-state index in [9.17, 15) is 14.7 Å². The van der Waals surface area contributed by atoms with Gasteiger partial charge in [0.05, 0.1) is 5.56 Å². The standard InChI is InChI=1S/C13H12N2O2.C8H8O3/c14-10-6-4-5-9(12(10)13(16)17)11-7-2-1-3-8-15-11;9-8(10)6-11-7-4-2-1-3-5-7/h1-8,15H,14H2,(H,16,17);1-5H,6H2,(H,9,10). The summed E-state index contributed by atoms with van der Waals surface area (Å²) < 4.78 is 4.87. The van der Waals surface area contributed by atoms with Gasteiger partial charge in [-0.3, -0.25) is 0 Å². The molecule has 144 valence electrons. The van der Waals surface area contributed by atoms with Crippen molar-refractivity contribution in [3.05, 3.63) is 90.2 Å². The van der Waals surface area contributed by atoms with E-state index in [1.165, 1.54) is 0 Å². The SMILES string of the molecule is Nc1cccc(C2=CC=CC=CN2)c1C(=O)O.O=C(O)COc1ccccc1. The second kappa shape index (κ2) is 10.2. The number of nitrogens with two attached hydrogens (primary N) is 1. The molecule has 0 bridgehead atoms. The highest BCUT2D eigenvalue weighted by molar-refractivity contribution is 5.99. The number of hydrogen-bond acceptors (Lipinski definition) is 5. The van der Waals surface area contributed by atoms with Gasteiger partial charge in [0.15, 0.2) is 6.61 Å². The lowest BCUT2D eigenvalue weighted by Crippen LogP contribution is -2.11. The Bertz CT molecular complexity index is 918. The molecule has 3 rings (SSSR count). The van der Waals surface area contributed by atoms with Crippen LogP contribution in [0, 0.1) is 0 Å². The molecule has 7 nitrogen and oxygen atoms in total. The van der Waals surface area contributed by atoms with Crippen LogP contribution >= 0.6 is 0 Å². The van der Waals surface area contributed by atoms with Gasteiger partial charge < -0.3 is 26.0 Å². The molecule has 0 fully saturated rings. The molecule has 0 amide bonds. The fraction of sp³-hybridized carbons (Fsp3) is 0.0476. The smallest absolute Gasteiger partial charge is 0.341 e. The number of allylic oxidation sites excluding steroid dienone is 4. The minimum atomic E-state index is -1.03. The van der Waals surface area contributed by atoms with Crippen molar-refractivity contribution in [2.24, 2.45) is 0 Å². The molecule has 1 aliphatic heterocycles. The van der Waals surface area contributed by atoms with E-state index < -0.39 is 11.9 Å². The number of para-hydroxylation sites is 1. The number of carbonyl (C=O) groups is 2. The van der Waals surface area contributed by atoms with E-state index in [2.05, 4.69) is 5.32 Å². The van der Waals surface area contributed by atoms with Gasteiger partial charge in [-0.05, 0) is 30.4 Å². The van der Waals surface area contributed by atoms with Crippen LogP contribution in [-0.2, 0) is 4.79 Å². The maximum absolute atomic E-state index is 11.2. The number of carboxylic acids is 2. The normalized spacial score (nSPS) is 11.9. The molecular weight excluding hydrogens is 360 g/mol. The summed E-state index contributed by atoms with van der Waals surface area (Å²) in [6.07, 6.45) is 9.06. The molecule has 0 aromatic heterocycles. The number of anilines is 1. The summed E-state index contributed by atoms with van der Waals surface area (Å²) in [6.45, 7) is -0.288. The van der Waals surface area contributed by atoms with Gasteiger partial charge in [-0.2, -0.15) is 0 Å². The highest BCUT2D eigenvalue weighted by Gasteiger charge is 2.16. The lowest BCUT2D eigenvalue weighted by Gasteiger charge is -2.11. The molecular formula is C21H20N2O5. The quantitative estimate of drug-likeness (QED) is 0.588. The Hall–Kier alpha value is -4.00. The number of rotatable bonds is 5. The van der Waals surface area contributed by atoms with E-state index in [0.29, 0.717) is 17.0 Å². The van der Waals surface area contributed by atoms with Crippen LogP contribution in [-0.4, -0.2) is 28.8 Å². The van der Waals surface area contributed by atoms with Crippen molar-refractivity contribution in [3.8, 4) is 5.75 Å². The lowest BCUT2D eigenvalue weighted by molar-refractivity contribution is -0.139. The summed E-state index contributed by atoms with van der Waals surface area (Å²) in [6, 6.07) is 13.9. The van der Waals surface area contributed by atoms with Gasteiger partial charge >= 0.3 is 11.9 Å². The molecule has 1 aliphatic rings. The molecule has 1 heterocycles. The first kappa shape index (κ1) is 20.3. The van der Waals surface area contributed by atoms with E-state index in [4.69, 9.17) is 15.6 Å². The third kappa shape index (κ3) is 6.06. The summed E-state index contributed by atoms with van der Waals surface area (Å²) in [5.41, 5.74) is 7.36. The number of hydrogen-bond donors (Lipinski definition) is 4. The van der Waals surface area contributed by atoms with Crippen molar-refractivity contribution in [1.29, 1.82) is 0 Å². The molecule has 7 heteroatoms. The summed E-state index contributed by atoms with van der Waals surface area (Å²) in [5.74, 6) is -1.42. The minimum absolute atomic E-state index is 0.120.